The van der Waals surface area contributed by atoms with E-state index >= 15 is 0 Å². The summed E-state index contributed by atoms with van der Waals surface area (Å²) >= 11 is 0. The van der Waals surface area contributed by atoms with E-state index in [0.29, 0.717) is 13.0 Å². The van der Waals surface area contributed by atoms with Gasteiger partial charge in [-0.2, -0.15) is 4.31 Å². The van der Waals surface area contributed by atoms with E-state index < -0.39 is 10.0 Å². The number of benzene rings is 1. The molecule has 0 bridgehead atoms. The maximum Gasteiger partial charge on any atom is 0.243 e. The number of isocyanates is 1. The average Bonchev–Trinajstić information content (AvgIpc) is 2.40. The Hall–Kier alpha value is -1.49. The zero-order valence-corrected chi connectivity index (χ0v) is 11.6. The van der Waals surface area contributed by atoms with Crippen molar-refractivity contribution in [1.82, 2.24) is 4.31 Å². The molecular formula is C13H16N2O3S. The number of rotatable bonds is 3. The lowest BCUT2D eigenvalue weighted by atomic mass is 10.1. The molecular weight excluding hydrogens is 264 g/mol. The Morgan fingerprint density at radius 2 is 2.00 bits per heavy atom. The van der Waals surface area contributed by atoms with Crippen molar-refractivity contribution in [1.29, 1.82) is 0 Å². The van der Waals surface area contributed by atoms with Gasteiger partial charge in [-0.05, 0) is 31.9 Å². The quantitative estimate of drug-likeness (QED) is 0.622. The zero-order valence-electron chi connectivity index (χ0n) is 10.7. The molecule has 1 saturated heterocycles. The third-order valence-corrected chi connectivity index (χ3v) is 5.13. The van der Waals surface area contributed by atoms with Gasteiger partial charge < -0.3 is 0 Å². The molecule has 19 heavy (non-hydrogen) atoms. The van der Waals surface area contributed by atoms with Crippen molar-refractivity contribution in [3.05, 3.63) is 29.8 Å². The lowest BCUT2D eigenvalue weighted by Crippen LogP contribution is -2.41. The number of nitrogens with zero attached hydrogens (tertiary/aromatic N) is 2. The third-order valence-electron chi connectivity index (χ3n) is 3.25. The highest BCUT2D eigenvalue weighted by molar-refractivity contribution is 7.89. The van der Waals surface area contributed by atoms with E-state index in [1.807, 2.05) is 6.92 Å². The fourth-order valence-corrected chi connectivity index (χ4v) is 3.69. The van der Waals surface area contributed by atoms with Gasteiger partial charge in [0.25, 0.3) is 0 Å². The molecule has 0 N–H and O–H groups in total. The fourth-order valence-electron chi connectivity index (χ4n) is 2.18. The normalized spacial score (nSPS) is 20.8. The van der Waals surface area contributed by atoms with Crippen LogP contribution in [-0.2, 0) is 14.8 Å². The molecule has 0 saturated carbocycles. The molecule has 1 aliphatic rings. The van der Waals surface area contributed by atoms with E-state index in [1.165, 1.54) is 10.4 Å². The summed E-state index contributed by atoms with van der Waals surface area (Å²) in [5.74, 6) is 0. The lowest BCUT2D eigenvalue weighted by Gasteiger charge is -2.29. The third kappa shape index (κ3) is 3.10. The van der Waals surface area contributed by atoms with Crippen molar-refractivity contribution in [2.24, 2.45) is 4.99 Å². The average molecular weight is 280 g/mol. The number of hydrogen-bond acceptors (Lipinski definition) is 4. The minimum Gasteiger partial charge on any atom is -0.211 e. The Balaban J connectivity index is 2.24. The van der Waals surface area contributed by atoms with Crippen LogP contribution in [0.5, 0.6) is 0 Å². The highest BCUT2D eigenvalue weighted by Gasteiger charge is 2.29. The molecule has 1 aromatic rings. The van der Waals surface area contributed by atoms with Gasteiger partial charge in [0.1, 0.15) is 0 Å². The summed E-state index contributed by atoms with van der Waals surface area (Å²) in [6.45, 7) is 2.64. The standard InChI is InChI=1S/C13H16N2O3S/c1-11-4-6-13(7-5-11)19(17,18)15-8-2-3-12(9-15)14-10-16/h4-7,12H,2-3,8-9H2,1H3. The summed E-state index contributed by atoms with van der Waals surface area (Å²) in [5, 5.41) is 0. The maximum absolute atomic E-state index is 12.4. The highest BCUT2D eigenvalue weighted by Crippen LogP contribution is 2.22. The second-order valence-corrected chi connectivity index (χ2v) is 6.63. The summed E-state index contributed by atoms with van der Waals surface area (Å²) in [7, 11) is -3.49. The van der Waals surface area contributed by atoms with Gasteiger partial charge in [-0.25, -0.2) is 18.2 Å². The number of sulfonamides is 1. The van der Waals surface area contributed by atoms with Gasteiger partial charge in [0.2, 0.25) is 16.1 Å². The molecule has 0 aromatic heterocycles. The zero-order chi connectivity index (χ0) is 13.9. The van der Waals surface area contributed by atoms with E-state index in [1.54, 1.807) is 24.3 Å². The van der Waals surface area contributed by atoms with Gasteiger partial charge >= 0.3 is 0 Å². The number of aliphatic imine (C=N–C) groups is 1. The van der Waals surface area contributed by atoms with Gasteiger partial charge in [0.15, 0.2) is 0 Å². The Labute approximate surface area is 113 Å². The first-order valence-corrected chi connectivity index (χ1v) is 7.62. The van der Waals surface area contributed by atoms with E-state index in [-0.39, 0.29) is 17.5 Å². The Morgan fingerprint density at radius 3 is 2.63 bits per heavy atom. The smallest absolute Gasteiger partial charge is 0.211 e. The molecule has 1 aliphatic heterocycles. The summed E-state index contributed by atoms with van der Waals surface area (Å²) in [6, 6.07) is 6.50. The van der Waals surface area contributed by atoms with Crippen LogP contribution in [-0.4, -0.2) is 37.9 Å². The highest BCUT2D eigenvalue weighted by atomic mass is 32.2. The minimum atomic E-state index is -3.49. The molecule has 5 nitrogen and oxygen atoms in total. The van der Waals surface area contributed by atoms with Crippen molar-refractivity contribution >= 4 is 16.1 Å². The summed E-state index contributed by atoms with van der Waals surface area (Å²) in [6.07, 6.45) is 2.95. The molecule has 1 fully saturated rings. The fraction of sp³-hybridized carbons (Fsp3) is 0.462. The Bertz CT molecular complexity index is 589. The van der Waals surface area contributed by atoms with Gasteiger partial charge in [0.05, 0.1) is 10.9 Å². The van der Waals surface area contributed by atoms with Crippen molar-refractivity contribution in [2.45, 2.75) is 30.7 Å². The van der Waals surface area contributed by atoms with Crippen molar-refractivity contribution in [2.75, 3.05) is 13.1 Å². The van der Waals surface area contributed by atoms with Crippen LogP contribution in [0.1, 0.15) is 18.4 Å². The largest absolute Gasteiger partial charge is 0.243 e. The molecule has 1 aromatic carbocycles. The molecule has 0 radical (unpaired) electrons. The summed E-state index contributed by atoms with van der Waals surface area (Å²) < 4.78 is 26.3. The van der Waals surface area contributed by atoms with Crippen LogP contribution in [0.3, 0.4) is 0 Å². The van der Waals surface area contributed by atoms with Crippen LogP contribution in [0.2, 0.25) is 0 Å². The minimum absolute atomic E-state index is 0.255. The number of carbonyl (C=O) groups excluding carboxylic acids is 1. The van der Waals surface area contributed by atoms with E-state index in [0.717, 1.165) is 12.0 Å². The number of aryl methyl sites for hydroxylation is 1. The van der Waals surface area contributed by atoms with E-state index in [9.17, 15) is 13.2 Å². The summed E-state index contributed by atoms with van der Waals surface area (Å²) in [5.41, 5.74) is 1.01. The Kier molecular flexibility index (Phi) is 4.14. The van der Waals surface area contributed by atoms with Crippen LogP contribution < -0.4 is 0 Å². The summed E-state index contributed by atoms with van der Waals surface area (Å²) in [4.78, 5) is 14.2. The van der Waals surface area contributed by atoms with Crippen LogP contribution in [0, 0.1) is 6.92 Å². The van der Waals surface area contributed by atoms with Gasteiger partial charge in [-0.1, -0.05) is 17.7 Å². The van der Waals surface area contributed by atoms with Crippen molar-refractivity contribution < 1.29 is 13.2 Å². The predicted molar refractivity (Wildman–Crippen MR) is 71.1 cm³/mol. The lowest BCUT2D eigenvalue weighted by molar-refractivity contribution is 0.316. The van der Waals surface area contributed by atoms with Crippen LogP contribution in [0.4, 0.5) is 0 Å². The number of hydrogen-bond donors (Lipinski definition) is 0. The Morgan fingerprint density at radius 1 is 1.32 bits per heavy atom. The van der Waals surface area contributed by atoms with Gasteiger partial charge in [-0.15, -0.1) is 0 Å². The van der Waals surface area contributed by atoms with E-state index in [4.69, 9.17) is 0 Å². The van der Waals surface area contributed by atoms with Gasteiger partial charge in [-0.3, -0.25) is 0 Å². The van der Waals surface area contributed by atoms with Crippen LogP contribution in [0.15, 0.2) is 34.2 Å². The first-order valence-electron chi connectivity index (χ1n) is 6.18. The number of piperidine rings is 1. The molecule has 6 heteroatoms. The van der Waals surface area contributed by atoms with E-state index in [2.05, 4.69) is 4.99 Å². The maximum atomic E-state index is 12.4. The van der Waals surface area contributed by atoms with Crippen molar-refractivity contribution in [3.8, 4) is 0 Å². The molecule has 0 spiro atoms. The molecule has 102 valence electrons. The first kappa shape index (κ1) is 13.9. The van der Waals surface area contributed by atoms with Gasteiger partial charge in [0, 0.05) is 13.1 Å². The SMILES string of the molecule is Cc1ccc(S(=O)(=O)N2CCCC(N=C=O)C2)cc1. The first-order chi connectivity index (χ1) is 9.04. The second kappa shape index (κ2) is 5.65. The molecule has 1 atom stereocenters. The topological polar surface area (TPSA) is 66.8 Å². The molecule has 2 rings (SSSR count). The molecule has 1 heterocycles. The predicted octanol–water partition coefficient (Wildman–Crippen LogP) is 1.48. The second-order valence-electron chi connectivity index (χ2n) is 4.69. The van der Waals surface area contributed by atoms with Crippen LogP contribution >= 0.6 is 0 Å². The van der Waals surface area contributed by atoms with Crippen LogP contribution in [0.25, 0.3) is 0 Å². The molecule has 0 amide bonds. The molecule has 1 unspecified atom stereocenters. The monoisotopic (exact) mass is 280 g/mol. The van der Waals surface area contributed by atoms with Crippen molar-refractivity contribution in [3.63, 3.8) is 0 Å². The molecule has 0 aliphatic carbocycles.